The van der Waals surface area contributed by atoms with Gasteiger partial charge in [0.15, 0.2) is 0 Å². The zero-order chi connectivity index (χ0) is 13.7. The van der Waals surface area contributed by atoms with Gasteiger partial charge in [0, 0.05) is 13.1 Å². The van der Waals surface area contributed by atoms with Crippen molar-refractivity contribution in [3.63, 3.8) is 0 Å². The number of carbonyl (C=O) groups excluding carboxylic acids is 1. The van der Waals surface area contributed by atoms with E-state index in [1.165, 1.54) is 7.11 Å². The number of esters is 1. The second-order valence-corrected chi connectivity index (χ2v) is 4.21. The van der Waals surface area contributed by atoms with E-state index in [1.54, 1.807) is 12.3 Å². The maximum absolute atomic E-state index is 11.7. The second kappa shape index (κ2) is 6.23. The lowest BCUT2D eigenvalue weighted by Crippen LogP contribution is -2.32. The minimum atomic E-state index is -0.414. The highest BCUT2D eigenvalue weighted by Gasteiger charge is 2.20. The van der Waals surface area contributed by atoms with Crippen LogP contribution in [0.2, 0.25) is 0 Å². The maximum atomic E-state index is 11.7. The molecule has 5 heteroatoms. The molecule has 0 unspecified atom stereocenters. The summed E-state index contributed by atoms with van der Waals surface area (Å²) in [4.78, 5) is 18.0. The molecule has 0 saturated carbocycles. The first-order valence-electron chi connectivity index (χ1n) is 6.11. The summed E-state index contributed by atoms with van der Waals surface area (Å²) in [5.41, 5.74) is 6.54. The van der Waals surface area contributed by atoms with Crippen molar-refractivity contribution in [1.82, 2.24) is 4.98 Å². The molecule has 5 nitrogen and oxygen atoms in total. The van der Waals surface area contributed by atoms with E-state index in [0.29, 0.717) is 23.1 Å². The Hall–Kier alpha value is -1.78. The van der Waals surface area contributed by atoms with Crippen molar-refractivity contribution >= 4 is 17.5 Å². The van der Waals surface area contributed by atoms with Crippen LogP contribution >= 0.6 is 0 Å². The zero-order valence-electron chi connectivity index (χ0n) is 11.4. The number of hydrogen-bond donors (Lipinski definition) is 1. The van der Waals surface area contributed by atoms with Gasteiger partial charge in [-0.1, -0.05) is 13.8 Å². The van der Waals surface area contributed by atoms with E-state index in [9.17, 15) is 4.79 Å². The first-order valence-corrected chi connectivity index (χ1v) is 6.11. The van der Waals surface area contributed by atoms with E-state index >= 15 is 0 Å². The molecule has 100 valence electrons. The summed E-state index contributed by atoms with van der Waals surface area (Å²) in [6, 6.07) is 1.94. The summed E-state index contributed by atoms with van der Waals surface area (Å²) in [5, 5.41) is 0. The Labute approximate surface area is 108 Å². The number of aromatic nitrogens is 1. The Bertz CT molecular complexity index is 417. The lowest BCUT2D eigenvalue weighted by Gasteiger charge is -2.28. The van der Waals surface area contributed by atoms with Crippen molar-refractivity contribution in [3.8, 4) is 0 Å². The van der Waals surface area contributed by atoms with Gasteiger partial charge in [0.2, 0.25) is 0 Å². The average molecular weight is 251 g/mol. The number of pyridine rings is 1. The van der Waals surface area contributed by atoms with Gasteiger partial charge in [0.25, 0.3) is 0 Å². The molecular formula is C13H21N3O2. The highest BCUT2D eigenvalue weighted by atomic mass is 16.5. The van der Waals surface area contributed by atoms with E-state index in [2.05, 4.69) is 18.8 Å². The lowest BCUT2D eigenvalue weighted by molar-refractivity contribution is 0.0601. The fourth-order valence-corrected chi connectivity index (χ4v) is 2.02. The molecule has 0 bridgehead atoms. The van der Waals surface area contributed by atoms with Crippen molar-refractivity contribution < 1.29 is 9.53 Å². The summed E-state index contributed by atoms with van der Waals surface area (Å²) < 4.78 is 4.77. The molecule has 0 aromatic carbocycles. The third-order valence-corrected chi connectivity index (χ3v) is 3.12. The number of nitrogens with zero attached hydrogens (tertiary/aromatic N) is 2. The molecule has 18 heavy (non-hydrogen) atoms. The van der Waals surface area contributed by atoms with E-state index in [1.807, 2.05) is 11.9 Å². The number of methoxy groups -OCH3 is 1. The number of nitrogens with two attached hydrogens (primary N) is 1. The van der Waals surface area contributed by atoms with Crippen molar-refractivity contribution in [2.24, 2.45) is 0 Å². The summed E-state index contributed by atoms with van der Waals surface area (Å²) >= 11 is 0. The van der Waals surface area contributed by atoms with Crippen LogP contribution in [0.15, 0.2) is 12.3 Å². The van der Waals surface area contributed by atoms with E-state index in [4.69, 9.17) is 10.5 Å². The molecule has 0 amide bonds. The van der Waals surface area contributed by atoms with Crippen LogP contribution in [0, 0.1) is 0 Å². The molecule has 0 aliphatic carbocycles. The van der Waals surface area contributed by atoms with Crippen LogP contribution in [-0.4, -0.2) is 31.2 Å². The van der Waals surface area contributed by atoms with Crippen molar-refractivity contribution in [3.05, 3.63) is 17.8 Å². The molecule has 1 aromatic rings. The predicted octanol–water partition coefficient (Wildman–Crippen LogP) is 2.08. The number of anilines is 2. The Morgan fingerprint density at radius 1 is 1.50 bits per heavy atom. The first kappa shape index (κ1) is 14.3. The Morgan fingerprint density at radius 2 is 2.11 bits per heavy atom. The topological polar surface area (TPSA) is 68.5 Å². The molecular weight excluding hydrogens is 230 g/mol. The number of hydrogen-bond acceptors (Lipinski definition) is 5. The molecule has 0 aliphatic rings. The standard InChI is InChI=1S/C13H21N3O2/c1-5-10(6-2)16(3)12-11(13(17)18-4)7-9(14)8-15-12/h7-8,10H,5-6,14H2,1-4H3. The van der Waals surface area contributed by atoms with Gasteiger partial charge in [-0.2, -0.15) is 0 Å². The fraction of sp³-hybridized carbons (Fsp3) is 0.538. The van der Waals surface area contributed by atoms with Crippen LogP contribution in [0.5, 0.6) is 0 Å². The molecule has 1 rings (SSSR count). The monoisotopic (exact) mass is 251 g/mol. The van der Waals surface area contributed by atoms with Crippen molar-refractivity contribution in [2.75, 3.05) is 24.8 Å². The van der Waals surface area contributed by atoms with Crippen LogP contribution in [-0.2, 0) is 4.74 Å². The number of rotatable bonds is 5. The normalized spacial score (nSPS) is 10.5. The molecule has 0 aliphatic heterocycles. The van der Waals surface area contributed by atoms with Gasteiger partial charge < -0.3 is 15.4 Å². The minimum Gasteiger partial charge on any atom is -0.465 e. The van der Waals surface area contributed by atoms with Gasteiger partial charge in [-0.15, -0.1) is 0 Å². The van der Waals surface area contributed by atoms with Gasteiger partial charge in [-0.05, 0) is 18.9 Å². The Morgan fingerprint density at radius 3 is 2.61 bits per heavy atom. The quantitative estimate of drug-likeness (QED) is 0.811. The third-order valence-electron chi connectivity index (χ3n) is 3.12. The Balaban J connectivity index is 3.18. The third kappa shape index (κ3) is 2.91. The molecule has 0 fully saturated rings. The predicted molar refractivity (Wildman–Crippen MR) is 72.8 cm³/mol. The first-order chi connectivity index (χ1) is 8.54. The summed E-state index contributed by atoms with van der Waals surface area (Å²) in [6.45, 7) is 4.22. The highest BCUT2D eigenvalue weighted by Crippen LogP contribution is 2.23. The molecule has 1 aromatic heterocycles. The number of ether oxygens (including phenoxy) is 1. The molecule has 1 heterocycles. The van der Waals surface area contributed by atoms with Crippen LogP contribution < -0.4 is 10.6 Å². The molecule has 0 radical (unpaired) electrons. The largest absolute Gasteiger partial charge is 0.465 e. The van der Waals surface area contributed by atoms with E-state index in [0.717, 1.165) is 12.8 Å². The number of nitrogen functional groups attached to an aromatic ring is 1. The van der Waals surface area contributed by atoms with E-state index < -0.39 is 5.97 Å². The highest BCUT2D eigenvalue weighted by molar-refractivity contribution is 5.95. The summed E-state index contributed by atoms with van der Waals surface area (Å²) in [7, 11) is 3.29. The van der Waals surface area contributed by atoms with Crippen LogP contribution in [0.3, 0.4) is 0 Å². The van der Waals surface area contributed by atoms with Gasteiger partial charge in [-0.3, -0.25) is 0 Å². The minimum absolute atomic E-state index is 0.338. The SMILES string of the molecule is CCC(CC)N(C)c1ncc(N)cc1C(=O)OC. The molecule has 0 atom stereocenters. The molecule has 2 N–H and O–H groups in total. The average Bonchev–Trinajstić information content (AvgIpc) is 2.38. The lowest BCUT2D eigenvalue weighted by atomic mass is 10.1. The van der Waals surface area contributed by atoms with Crippen LogP contribution in [0.25, 0.3) is 0 Å². The Kier molecular flexibility index (Phi) is 4.95. The zero-order valence-corrected chi connectivity index (χ0v) is 11.4. The smallest absolute Gasteiger partial charge is 0.341 e. The molecule has 0 saturated heterocycles. The fourth-order valence-electron chi connectivity index (χ4n) is 2.02. The molecule has 0 spiro atoms. The maximum Gasteiger partial charge on any atom is 0.341 e. The van der Waals surface area contributed by atoms with Gasteiger partial charge >= 0.3 is 5.97 Å². The van der Waals surface area contributed by atoms with Gasteiger partial charge in [-0.25, -0.2) is 9.78 Å². The second-order valence-electron chi connectivity index (χ2n) is 4.21. The van der Waals surface area contributed by atoms with Crippen molar-refractivity contribution in [2.45, 2.75) is 32.7 Å². The van der Waals surface area contributed by atoms with Crippen LogP contribution in [0.4, 0.5) is 11.5 Å². The van der Waals surface area contributed by atoms with Gasteiger partial charge in [0.1, 0.15) is 11.4 Å². The van der Waals surface area contributed by atoms with Gasteiger partial charge in [0.05, 0.1) is 19.0 Å². The van der Waals surface area contributed by atoms with Crippen molar-refractivity contribution in [1.29, 1.82) is 0 Å². The summed E-state index contributed by atoms with van der Waals surface area (Å²) in [6.07, 6.45) is 3.53. The van der Waals surface area contributed by atoms with Crippen LogP contribution in [0.1, 0.15) is 37.0 Å². The van der Waals surface area contributed by atoms with E-state index in [-0.39, 0.29) is 0 Å². The number of carbonyl (C=O) groups is 1. The summed E-state index contributed by atoms with van der Waals surface area (Å²) in [5.74, 6) is 0.201.